The summed E-state index contributed by atoms with van der Waals surface area (Å²) in [5, 5.41) is 6.43. The molecule has 2 heterocycles. The van der Waals surface area contributed by atoms with E-state index >= 15 is 0 Å². The average Bonchev–Trinajstić information content (AvgIpc) is 3.32. The van der Waals surface area contributed by atoms with Gasteiger partial charge in [0.1, 0.15) is 5.76 Å². The lowest BCUT2D eigenvalue weighted by Gasteiger charge is -2.23. The van der Waals surface area contributed by atoms with Gasteiger partial charge >= 0.3 is 0 Å². The van der Waals surface area contributed by atoms with Gasteiger partial charge in [0.2, 0.25) is 11.8 Å². The molecule has 1 aromatic heterocycles. The standard InChI is InChI=1S/C19H21Cl2N3O3/c20-14-5-1-6-15(21)18(14)23-17(25)8-10-24-9-2-7-16(24)19(26)22-12-13-4-3-11-27-13/h1,3-6,11,16H,2,7-10,12H2,(H,22,26)(H,23,25)/t16-/m0/s1. The lowest BCUT2D eigenvalue weighted by molar-refractivity contribution is -0.126. The number of para-hydroxylation sites is 1. The van der Waals surface area contributed by atoms with Crippen molar-refractivity contribution in [2.45, 2.75) is 31.8 Å². The Bertz CT molecular complexity index is 775. The van der Waals surface area contributed by atoms with E-state index in [4.69, 9.17) is 27.6 Å². The molecular formula is C19H21Cl2N3O3. The van der Waals surface area contributed by atoms with Crippen LogP contribution in [-0.2, 0) is 16.1 Å². The van der Waals surface area contributed by atoms with E-state index in [2.05, 4.69) is 10.6 Å². The highest BCUT2D eigenvalue weighted by Crippen LogP contribution is 2.30. The molecule has 144 valence electrons. The van der Waals surface area contributed by atoms with Crippen LogP contribution in [0.5, 0.6) is 0 Å². The molecule has 27 heavy (non-hydrogen) atoms. The summed E-state index contributed by atoms with van der Waals surface area (Å²) in [4.78, 5) is 26.7. The second-order valence-corrected chi connectivity index (χ2v) is 7.20. The summed E-state index contributed by atoms with van der Waals surface area (Å²) < 4.78 is 5.23. The van der Waals surface area contributed by atoms with Crippen molar-refractivity contribution in [3.8, 4) is 0 Å². The molecule has 2 amide bonds. The highest BCUT2D eigenvalue weighted by atomic mass is 35.5. The number of carbonyl (C=O) groups is 2. The Morgan fingerprint density at radius 2 is 1.96 bits per heavy atom. The van der Waals surface area contributed by atoms with Gasteiger partial charge in [-0.3, -0.25) is 14.5 Å². The van der Waals surface area contributed by atoms with Crippen LogP contribution < -0.4 is 10.6 Å². The van der Waals surface area contributed by atoms with Crippen molar-refractivity contribution < 1.29 is 14.0 Å². The van der Waals surface area contributed by atoms with Crippen LogP contribution in [0.1, 0.15) is 25.0 Å². The zero-order valence-electron chi connectivity index (χ0n) is 14.7. The quantitative estimate of drug-likeness (QED) is 0.730. The fraction of sp³-hybridized carbons (Fsp3) is 0.368. The van der Waals surface area contributed by atoms with Crippen LogP contribution in [0.15, 0.2) is 41.0 Å². The van der Waals surface area contributed by atoms with Crippen LogP contribution in [0.25, 0.3) is 0 Å². The molecule has 0 spiro atoms. The molecule has 1 fully saturated rings. The maximum atomic E-state index is 12.4. The second kappa shape index (κ2) is 9.26. The Kier molecular flexibility index (Phi) is 6.77. The number of anilines is 1. The zero-order chi connectivity index (χ0) is 19.2. The van der Waals surface area contributed by atoms with Crippen molar-refractivity contribution in [1.29, 1.82) is 0 Å². The number of hydrogen-bond acceptors (Lipinski definition) is 4. The van der Waals surface area contributed by atoms with E-state index in [1.54, 1.807) is 30.5 Å². The minimum Gasteiger partial charge on any atom is -0.467 e. The highest BCUT2D eigenvalue weighted by molar-refractivity contribution is 6.39. The first-order valence-electron chi connectivity index (χ1n) is 8.82. The molecule has 1 saturated heterocycles. The molecule has 1 aromatic carbocycles. The van der Waals surface area contributed by atoms with Crippen LogP contribution in [-0.4, -0.2) is 35.8 Å². The van der Waals surface area contributed by atoms with E-state index in [0.29, 0.717) is 34.6 Å². The minimum absolute atomic E-state index is 0.0431. The van der Waals surface area contributed by atoms with Crippen molar-refractivity contribution in [3.63, 3.8) is 0 Å². The molecule has 8 heteroatoms. The minimum atomic E-state index is -0.225. The summed E-state index contributed by atoms with van der Waals surface area (Å²) in [6, 6.07) is 8.43. The first kappa shape index (κ1) is 19.7. The number of likely N-dealkylation sites (tertiary alicyclic amines) is 1. The molecule has 1 aliphatic heterocycles. The molecule has 2 N–H and O–H groups in total. The van der Waals surface area contributed by atoms with Gasteiger partial charge in [0.25, 0.3) is 0 Å². The lowest BCUT2D eigenvalue weighted by Crippen LogP contribution is -2.43. The molecule has 0 bridgehead atoms. The van der Waals surface area contributed by atoms with Gasteiger partial charge < -0.3 is 15.1 Å². The number of carbonyl (C=O) groups excluding carboxylic acids is 2. The van der Waals surface area contributed by atoms with Crippen molar-refractivity contribution in [2.75, 3.05) is 18.4 Å². The van der Waals surface area contributed by atoms with E-state index in [0.717, 1.165) is 19.4 Å². The predicted molar refractivity (Wildman–Crippen MR) is 105 cm³/mol. The molecule has 0 saturated carbocycles. The topological polar surface area (TPSA) is 74.6 Å². The van der Waals surface area contributed by atoms with Crippen molar-refractivity contribution in [2.24, 2.45) is 0 Å². The number of nitrogens with zero attached hydrogens (tertiary/aromatic N) is 1. The van der Waals surface area contributed by atoms with Crippen LogP contribution in [0.3, 0.4) is 0 Å². The first-order chi connectivity index (χ1) is 13.0. The summed E-state index contributed by atoms with van der Waals surface area (Å²) in [5.74, 6) is 0.481. The summed E-state index contributed by atoms with van der Waals surface area (Å²) in [6.45, 7) is 1.65. The third kappa shape index (κ3) is 5.25. The fourth-order valence-electron chi connectivity index (χ4n) is 3.16. The van der Waals surface area contributed by atoms with Gasteiger partial charge in [-0.2, -0.15) is 0 Å². The molecule has 3 rings (SSSR count). The normalized spacial score (nSPS) is 17.0. The molecule has 0 radical (unpaired) electrons. The Hall–Kier alpha value is -2.02. The third-order valence-electron chi connectivity index (χ3n) is 4.54. The Balaban J connectivity index is 1.49. The molecule has 1 atom stereocenters. The average molecular weight is 410 g/mol. The van der Waals surface area contributed by atoms with Gasteiger partial charge in [-0.05, 0) is 43.7 Å². The Morgan fingerprint density at radius 3 is 2.67 bits per heavy atom. The van der Waals surface area contributed by atoms with Crippen LogP contribution >= 0.6 is 23.2 Å². The van der Waals surface area contributed by atoms with Crippen LogP contribution in [0, 0.1) is 0 Å². The zero-order valence-corrected chi connectivity index (χ0v) is 16.2. The maximum absolute atomic E-state index is 12.4. The predicted octanol–water partition coefficient (Wildman–Crippen LogP) is 3.70. The monoisotopic (exact) mass is 409 g/mol. The van der Waals surface area contributed by atoms with E-state index in [1.807, 2.05) is 11.0 Å². The SMILES string of the molecule is O=C(CCN1CCC[C@H]1C(=O)NCc1ccco1)Nc1c(Cl)cccc1Cl. The molecule has 6 nitrogen and oxygen atoms in total. The molecule has 0 unspecified atom stereocenters. The number of halogens is 2. The molecule has 0 aliphatic carbocycles. The largest absolute Gasteiger partial charge is 0.467 e. The van der Waals surface area contributed by atoms with Gasteiger partial charge in [-0.15, -0.1) is 0 Å². The van der Waals surface area contributed by atoms with E-state index in [-0.39, 0.29) is 24.3 Å². The number of hydrogen-bond donors (Lipinski definition) is 2. The number of furan rings is 1. The van der Waals surface area contributed by atoms with Crippen molar-refractivity contribution >= 4 is 40.7 Å². The summed E-state index contributed by atoms with van der Waals surface area (Å²) in [5.41, 5.74) is 0.417. The Labute approximate surface area is 167 Å². The second-order valence-electron chi connectivity index (χ2n) is 6.39. The van der Waals surface area contributed by atoms with Gasteiger partial charge in [0.15, 0.2) is 0 Å². The van der Waals surface area contributed by atoms with E-state index in [9.17, 15) is 9.59 Å². The van der Waals surface area contributed by atoms with Gasteiger partial charge in [0.05, 0.1) is 34.6 Å². The maximum Gasteiger partial charge on any atom is 0.237 e. The molecular weight excluding hydrogens is 389 g/mol. The summed E-state index contributed by atoms with van der Waals surface area (Å²) in [7, 11) is 0. The Morgan fingerprint density at radius 1 is 1.19 bits per heavy atom. The van der Waals surface area contributed by atoms with Crippen LogP contribution in [0.2, 0.25) is 10.0 Å². The lowest BCUT2D eigenvalue weighted by atomic mass is 10.2. The fourth-order valence-corrected chi connectivity index (χ4v) is 3.65. The number of rotatable bonds is 7. The van der Waals surface area contributed by atoms with Crippen LogP contribution in [0.4, 0.5) is 5.69 Å². The van der Waals surface area contributed by atoms with Crippen molar-refractivity contribution in [1.82, 2.24) is 10.2 Å². The number of nitrogens with one attached hydrogen (secondary N) is 2. The number of amides is 2. The van der Waals surface area contributed by atoms with Gasteiger partial charge in [-0.25, -0.2) is 0 Å². The van der Waals surface area contributed by atoms with Gasteiger partial charge in [0, 0.05) is 13.0 Å². The van der Waals surface area contributed by atoms with Crippen molar-refractivity contribution in [3.05, 3.63) is 52.4 Å². The van der Waals surface area contributed by atoms with E-state index < -0.39 is 0 Å². The summed E-state index contributed by atoms with van der Waals surface area (Å²) >= 11 is 12.1. The number of benzene rings is 1. The highest BCUT2D eigenvalue weighted by Gasteiger charge is 2.30. The first-order valence-corrected chi connectivity index (χ1v) is 9.58. The smallest absolute Gasteiger partial charge is 0.237 e. The molecule has 2 aromatic rings. The molecule has 1 aliphatic rings. The van der Waals surface area contributed by atoms with E-state index in [1.165, 1.54) is 0 Å². The summed E-state index contributed by atoms with van der Waals surface area (Å²) in [6.07, 6.45) is 3.54. The third-order valence-corrected chi connectivity index (χ3v) is 5.17. The van der Waals surface area contributed by atoms with Gasteiger partial charge in [-0.1, -0.05) is 29.3 Å².